The molecule has 1 aliphatic heterocycles. The molecule has 0 amide bonds. The Morgan fingerprint density at radius 2 is 1.83 bits per heavy atom. The number of benzene rings is 1. The molecule has 0 aromatic heterocycles. The van der Waals surface area contributed by atoms with Gasteiger partial charge in [-0.1, -0.05) is 0 Å². The maximum absolute atomic E-state index is 14.1. The van der Waals surface area contributed by atoms with Gasteiger partial charge in [0.2, 0.25) is 0 Å². The molecule has 0 radical (unpaired) electrons. The molecule has 1 saturated heterocycles. The largest absolute Gasteiger partial charge is 0.497 e. The Morgan fingerprint density at radius 1 is 1.22 bits per heavy atom. The predicted octanol–water partition coefficient (Wildman–Crippen LogP) is 1.69. The molecule has 1 N–H and O–H groups in total. The number of piperazine rings is 1. The van der Waals surface area contributed by atoms with Crippen molar-refractivity contribution in [2.24, 2.45) is 0 Å². The zero-order chi connectivity index (χ0) is 13.0. The van der Waals surface area contributed by atoms with E-state index in [0.29, 0.717) is 18.8 Å². The van der Waals surface area contributed by atoms with Crippen molar-refractivity contribution in [2.75, 3.05) is 39.8 Å². The molecule has 2 rings (SSSR count). The molecule has 0 bridgehead atoms. The molecule has 0 atom stereocenters. The maximum Gasteiger partial charge on any atom is 0.285 e. The summed E-state index contributed by atoms with van der Waals surface area (Å²) in [5.41, 5.74) is 0.0434. The van der Waals surface area contributed by atoms with Crippen LogP contribution in [0.2, 0.25) is 0 Å². The molecule has 0 aliphatic carbocycles. The van der Waals surface area contributed by atoms with Crippen LogP contribution < -0.4 is 10.1 Å². The predicted molar refractivity (Wildman–Crippen MR) is 66.2 cm³/mol. The first-order valence-electron chi connectivity index (χ1n) is 6.07. The summed E-state index contributed by atoms with van der Waals surface area (Å²) in [5.74, 6) is -2.22. The number of alkyl halides is 2. The highest BCUT2D eigenvalue weighted by atomic mass is 19.3. The van der Waals surface area contributed by atoms with Gasteiger partial charge in [-0.15, -0.1) is 0 Å². The molecule has 1 fully saturated rings. The topological polar surface area (TPSA) is 24.5 Å². The van der Waals surface area contributed by atoms with E-state index in [-0.39, 0.29) is 12.1 Å². The van der Waals surface area contributed by atoms with Crippen LogP contribution in [0, 0.1) is 0 Å². The zero-order valence-corrected chi connectivity index (χ0v) is 10.5. The van der Waals surface area contributed by atoms with Crippen molar-refractivity contribution >= 4 is 0 Å². The van der Waals surface area contributed by atoms with Crippen molar-refractivity contribution < 1.29 is 13.5 Å². The van der Waals surface area contributed by atoms with Crippen LogP contribution in [0.25, 0.3) is 0 Å². The van der Waals surface area contributed by atoms with Gasteiger partial charge in [0, 0.05) is 31.7 Å². The summed E-state index contributed by atoms with van der Waals surface area (Å²) in [4.78, 5) is 1.79. The fraction of sp³-hybridized carbons (Fsp3) is 0.538. The smallest absolute Gasteiger partial charge is 0.285 e. The second kappa shape index (κ2) is 5.63. The quantitative estimate of drug-likeness (QED) is 0.887. The van der Waals surface area contributed by atoms with E-state index in [1.807, 2.05) is 0 Å². The molecular weight excluding hydrogens is 238 g/mol. The van der Waals surface area contributed by atoms with E-state index in [2.05, 4.69) is 5.32 Å². The second-order valence-electron chi connectivity index (χ2n) is 4.46. The molecule has 0 saturated carbocycles. The van der Waals surface area contributed by atoms with Crippen molar-refractivity contribution in [3.8, 4) is 5.75 Å². The van der Waals surface area contributed by atoms with Crippen molar-refractivity contribution in [2.45, 2.75) is 5.92 Å². The van der Waals surface area contributed by atoms with E-state index in [0.717, 1.165) is 13.1 Å². The molecule has 0 unspecified atom stereocenters. The molecule has 1 aromatic carbocycles. The van der Waals surface area contributed by atoms with E-state index >= 15 is 0 Å². The highest BCUT2D eigenvalue weighted by Crippen LogP contribution is 2.30. The Balaban J connectivity index is 2.03. The van der Waals surface area contributed by atoms with Crippen LogP contribution >= 0.6 is 0 Å². The summed E-state index contributed by atoms with van der Waals surface area (Å²) >= 11 is 0. The van der Waals surface area contributed by atoms with Crippen LogP contribution in [0.4, 0.5) is 8.78 Å². The fourth-order valence-electron chi connectivity index (χ4n) is 2.08. The first-order valence-corrected chi connectivity index (χ1v) is 6.07. The third-order valence-corrected chi connectivity index (χ3v) is 3.14. The lowest BCUT2D eigenvalue weighted by atomic mass is 10.1. The Labute approximate surface area is 106 Å². The summed E-state index contributed by atoms with van der Waals surface area (Å²) in [6, 6.07) is 6.00. The number of hydrogen-bond acceptors (Lipinski definition) is 3. The lowest BCUT2D eigenvalue weighted by molar-refractivity contribution is -0.0400. The standard InChI is InChI=1S/C13H18F2N2O/c1-18-12-4-2-11(3-5-12)13(14,15)10-17-8-6-16-7-9-17/h2-5,16H,6-10H2,1H3. The van der Waals surface area contributed by atoms with Crippen LogP contribution in [0.1, 0.15) is 5.56 Å². The lowest BCUT2D eigenvalue weighted by Crippen LogP contribution is -2.47. The van der Waals surface area contributed by atoms with Gasteiger partial charge in [0.05, 0.1) is 13.7 Å². The van der Waals surface area contributed by atoms with Gasteiger partial charge in [-0.25, -0.2) is 0 Å². The monoisotopic (exact) mass is 256 g/mol. The van der Waals surface area contributed by atoms with Crippen LogP contribution in [0.5, 0.6) is 5.75 Å². The molecule has 5 heteroatoms. The molecule has 18 heavy (non-hydrogen) atoms. The van der Waals surface area contributed by atoms with Gasteiger partial charge in [-0.3, -0.25) is 4.90 Å². The highest BCUT2D eigenvalue weighted by Gasteiger charge is 2.34. The molecule has 1 heterocycles. The van der Waals surface area contributed by atoms with Gasteiger partial charge in [-0.2, -0.15) is 8.78 Å². The third kappa shape index (κ3) is 3.17. The minimum absolute atomic E-state index is 0.0434. The summed E-state index contributed by atoms with van der Waals surface area (Å²) in [7, 11) is 1.52. The van der Waals surface area contributed by atoms with Crippen LogP contribution in [-0.2, 0) is 5.92 Å². The molecule has 1 aliphatic rings. The average Bonchev–Trinajstić information content (AvgIpc) is 2.39. The number of ether oxygens (including phenoxy) is 1. The normalized spacial score (nSPS) is 17.7. The van der Waals surface area contributed by atoms with Gasteiger partial charge in [-0.05, 0) is 24.3 Å². The van der Waals surface area contributed by atoms with Crippen LogP contribution in [0.3, 0.4) is 0 Å². The lowest BCUT2D eigenvalue weighted by Gasteiger charge is -2.30. The Bertz CT molecular complexity index is 375. The van der Waals surface area contributed by atoms with Crippen molar-refractivity contribution in [3.63, 3.8) is 0 Å². The average molecular weight is 256 g/mol. The molecule has 1 aromatic rings. The van der Waals surface area contributed by atoms with Gasteiger partial charge < -0.3 is 10.1 Å². The van der Waals surface area contributed by atoms with Gasteiger partial charge >= 0.3 is 0 Å². The summed E-state index contributed by atoms with van der Waals surface area (Å²) in [5, 5.41) is 3.15. The van der Waals surface area contributed by atoms with E-state index < -0.39 is 5.92 Å². The van der Waals surface area contributed by atoms with Crippen LogP contribution in [0.15, 0.2) is 24.3 Å². The highest BCUT2D eigenvalue weighted by molar-refractivity contribution is 5.29. The second-order valence-corrected chi connectivity index (χ2v) is 4.46. The number of methoxy groups -OCH3 is 1. The molecule has 100 valence electrons. The zero-order valence-electron chi connectivity index (χ0n) is 10.5. The first-order chi connectivity index (χ1) is 8.62. The Kier molecular flexibility index (Phi) is 4.14. The molecule has 0 spiro atoms. The van der Waals surface area contributed by atoms with Crippen LogP contribution in [-0.4, -0.2) is 44.7 Å². The summed E-state index contributed by atoms with van der Waals surface area (Å²) < 4.78 is 33.1. The van der Waals surface area contributed by atoms with Gasteiger partial charge in [0.1, 0.15) is 5.75 Å². The van der Waals surface area contributed by atoms with Gasteiger partial charge in [0.25, 0.3) is 5.92 Å². The van der Waals surface area contributed by atoms with Crippen molar-refractivity contribution in [1.29, 1.82) is 0 Å². The minimum Gasteiger partial charge on any atom is -0.497 e. The summed E-state index contributed by atoms with van der Waals surface area (Å²) in [6.45, 7) is 2.68. The maximum atomic E-state index is 14.1. The Hall–Kier alpha value is -1.20. The molecular formula is C13H18F2N2O. The Morgan fingerprint density at radius 3 is 2.39 bits per heavy atom. The number of nitrogens with one attached hydrogen (secondary N) is 1. The number of rotatable bonds is 4. The van der Waals surface area contributed by atoms with Gasteiger partial charge in [0.15, 0.2) is 0 Å². The van der Waals surface area contributed by atoms with Crippen molar-refractivity contribution in [3.05, 3.63) is 29.8 Å². The van der Waals surface area contributed by atoms with E-state index in [9.17, 15) is 8.78 Å². The van der Waals surface area contributed by atoms with Crippen molar-refractivity contribution in [1.82, 2.24) is 10.2 Å². The number of halogens is 2. The minimum atomic E-state index is -2.82. The first kappa shape index (κ1) is 13.2. The number of nitrogens with zero attached hydrogens (tertiary/aromatic N) is 1. The summed E-state index contributed by atoms with van der Waals surface area (Å²) in [6.07, 6.45) is 0. The molecule has 3 nitrogen and oxygen atoms in total. The fourth-order valence-corrected chi connectivity index (χ4v) is 2.08. The van der Waals surface area contributed by atoms with E-state index in [4.69, 9.17) is 4.74 Å². The third-order valence-electron chi connectivity index (χ3n) is 3.14. The SMILES string of the molecule is COc1ccc(C(F)(F)CN2CCNCC2)cc1. The van der Waals surface area contributed by atoms with E-state index in [1.165, 1.54) is 19.2 Å². The number of hydrogen-bond donors (Lipinski definition) is 1. The van der Waals surface area contributed by atoms with E-state index in [1.54, 1.807) is 17.0 Å².